The molecule has 13 heavy (non-hydrogen) atoms. The summed E-state index contributed by atoms with van der Waals surface area (Å²) in [6.07, 6.45) is 0.577. The average molecular weight is 188 g/mol. The predicted octanol–water partition coefficient (Wildman–Crippen LogP) is 0.552. The number of aliphatic carboxylic acids is 1. The van der Waals surface area contributed by atoms with Crippen LogP contribution in [0.25, 0.3) is 0 Å². The third-order valence-corrected chi connectivity index (χ3v) is 2.02. The molecule has 4 heteroatoms. The predicted molar refractivity (Wildman–Crippen MR) is 52.3 cm³/mol. The fourth-order valence-electron chi connectivity index (χ4n) is 1.62. The zero-order valence-corrected chi connectivity index (χ0v) is 8.79. The molecule has 0 aromatic carbocycles. The van der Waals surface area contributed by atoms with Gasteiger partial charge in [0.25, 0.3) is 0 Å². The zero-order chi connectivity index (χ0) is 10.9. The summed E-state index contributed by atoms with van der Waals surface area (Å²) in [4.78, 5) is 10.7. The Morgan fingerprint density at radius 3 is 2.00 bits per heavy atom. The molecule has 0 bridgehead atoms. The van der Waals surface area contributed by atoms with Crippen LogP contribution < -0.4 is 11.5 Å². The minimum Gasteiger partial charge on any atom is -0.480 e. The van der Waals surface area contributed by atoms with Gasteiger partial charge >= 0.3 is 5.97 Å². The highest BCUT2D eigenvalue weighted by Gasteiger charge is 2.35. The third-order valence-electron chi connectivity index (χ3n) is 2.02. The van der Waals surface area contributed by atoms with Crippen molar-refractivity contribution < 1.29 is 9.90 Å². The lowest BCUT2D eigenvalue weighted by Gasteiger charge is -2.34. The molecule has 4 nitrogen and oxygen atoms in total. The molecule has 78 valence electrons. The maximum absolute atomic E-state index is 10.7. The van der Waals surface area contributed by atoms with Gasteiger partial charge in [0, 0.05) is 5.54 Å². The maximum Gasteiger partial charge on any atom is 0.321 e. The van der Waals surface area contributed by atoms with E-state index in [-0.39, 0.29) is 0 Å². The van der Waals surface area contributed by atoms with Crippen molar-refractivity contribution in [3.63, 3.8) is 0 Å². The first-order valence-corrected chi connectivity index (χ1v) is 4.33. The highest BCUT2D eigenvalue weighted by Crippen LogP contribution is 2.29. The lowest BCUT2D eigenvalue weighted by atomic mass is 9.75. The Balaban J connectivity index is 4.48. The van der Waals surface area contributed by atoms with Crippen molar-refractivity contribution >= 4 is 5.97 Å². The van der Waals surface area contributed by atoms with E-state index in [1.54, 1.807) is 0 Å². The third kappa shape index (κ3) is 4.24. The summed E-state index contributed by atoms with van der Waals surface area (Å²) in [7, 11) is 0. The van der Waals surface area contributed by atoms with E-state index in [4.69, 9.17) is 16.6 Å². The van der Waals surface area contributed by atoms with E-state index in [0.29, 0.717) is 6.42 Å². The van der Waals surface area contributed by atoms with E-state index < -0.39 is 23.0 Å². The second-order valence-corrected chi connectivity index (χ2v) is 4.97. The Labute approximate surface area is 79.3 Å². The fourth-order valence-corrected chi connectivity index (χ4v) is 1.62. The zero-order valence-electron chi connectivity index (χ0n) is 8.79. The molecule has 0 saturated carbocycles. The molecule has 0 radical (unpaired) electrons. The number of hydrogen-bond acceptors (Lipinski definition) is 3. The van der Waals surface area contributed by atoms with Gasteiger partial charge in [0.15, 0.2) is 0 Å². The second kappa shape index (κ2) is 3.64. The topological polar surface area (TPSA) is 89.3 Å². The Morgan fingerprint density at radius 2 is 1.77 bits per heavy atom. The van der Waals surface area contributed by atoms with Gasteiger partial charge in [0.1, 0.15) is 6.04 Å². The molecule has 0 aromatic heterocycles. The quantitative estimate of drug-likeness (QED) is 0.601. The summed E-state index contributed by atoms with van der Waals surface area (Å²) in [5.41, 5.74) is 10.5. The number of carbonyl (C=O) groups is 1. The van der Waals surface area contributed by atoms with Crippen molar-refractivity contribution in [2.45, 2.75) is 45.7 Å². The average Bonchev–Trinajstić information content (AvgIpc) is 1.80. The molecule has 0 heterocycles. The number of rotatable bonds is 4. The molecule has 0 unspecified atom stereocenters. The molecule has 0 rings (SSSR count). The van der Waals surface area contributed by atoms with Gasteiger partial charge in [0.05, 0.1) is 0 Å². The molecule has 0 aliphatic carbocycles. The molecule has 5 N–H and O–H groups in total. The second-order valence-electron chi connectivity index (χ2n) is 4.97. The monoisotopic (exact) mass is 188 g/mol. The van der Waals surface area contributed by atoms with E-state index >= 15 is 0 Å². The van der Waals surface area contributed by atoms with E-state index in [1.807, 2.05) is 27.7 Å². The first kappa shape index (κ1) is 12.4. The standard InChI is InChI=1S/C9H20N2O2/c1-8(2,5-9(3,4)11)6(10)7(12)13/h6H,5,10-11H2,1-4H3,(H,12,13)/t6-/m1/s1. The van der Waals surface area contributed by atoms with Gasteiger partial charge in [0.2, 0.25) is 0 Å². The first-order valence-electron chi connectivity index (χ1n) is 4.33. The van der Waals surface area contributed by atoms with Crippen molar-refractivity contribution in [2.24, 2.45) is 16.9 Å². The van der Waals surface area contributed by atoms with Gasteiger partial charge < -0.3 is 16.6 Å². The highest BCUT2D eigenvalue weighted by molar-refractivity contribution is 5.74. The van der Waals surface area contributed by atoms with Gasteiger partial charge in [-0.3, -0.25) is 4.79 Å². The van der Waals surface area contributed by atoms with E-state index in [9.17, 15) is 4.79 Å². The van der Waals surface area contributed by atoms with Crippen LogP contribution in [0.15, 0.2) is 0 Å². The number of carboxylic acid groups (broad SMARTS) is 1. The Kier molecular flexibility index (Phi) is 3.47. The van der Waals surface area contributed by atoms with Crippen LogP contribution in [0.1, 0.15) is 34.1 Å². The highest BCUT2D eigenvalue weighted by atomic mass is 16.4. The van der Waals surface area contributed by atoms with Gasteiger partial charge in [-0.05, 0) is 25.7 Å². The lowest BCUT2D eigenvalue weighted by molar-refractivity contribution is -0.141. The van der Waals surface area contributed by atoms with Crippen LogP contribution in [0, 0.1) is 5.41 Å². The van der Waals surface area contributed by atoms with Crippen molar-refractivity contribution in [3.05, 3.63) is 0 Å². The van der Waals surface area contributed by atoms with Crippen LogP contribution in [-0.4, -0.2) is 22.7 Å². The van der Waals surface area contributed by atoms with E-state index in [2.05, 4.69) is 0 Å². The minimum atomic E-state index is -0.978. The molecule has 0 aliphatic rings. The van der Waals surface area contributed by atoms with Crippen LogP contribution in [-0.2, 0) is 4.79 Å². The SMILES string of the molecule is CC(C)(N)CC(C)(C)[C@H](N)C(=O)O. The molecule has 0 aromatic rings. The fraction of sp³-hybridized carbons (Fsp3) is 0.889. The molecule has 0 amide bonds. The minimum absolute atomic E-state index is 0.392. The van der Waals surface area contributed by atoms with Crippen LogP contribution in [0.2, 0.25) is 0 Å². The van der Waals surface area contributed by atoms with Gasteiger partial charge in [-0.15, -0.1) is 0 Å². The summed E-state index contributed by atoms with van der Waals surface area (Å²) in [6, 6.07) is -0.865. The lowest BCUT2D eigenvalue weighted by Crippen LogP contribution is -2.49. The van der Waals surface area contributed by atoms with Crippen LogP contribution in [0.4, 0.5) is 0 Å². The Hall–Kier alpha value is -0.610. The number of nitrogens with two attached hydrogens (primary N) is 2. The van der Waals surface area contributed by atoms with Gasteiger partial charge in [-0.1, -0.05) is 13.8 Å². The Morgan fingerprint density at radius 1 is 1.38 bits per heavy atom. The molecule has 1 atom stereocenters. The van der Waals surface area contributed by atoms with Crippen molar-refractivity contribution in [1.82, 2.24) is 0 Å². The van der Waals surface area contributed by atoms with Crippen LogP contribution in [0.3, 0.4) is 0 Å². The molecule has 0 aliphatic heterocycles. The molecular formula is C9H20N2O2. The summed E-state index contributed by atoms with van der Waals surface area (Å²) in [5, 5.41) is 8.75. The smallest absolute Gasteiger partial charge is 0.321 e. The molecule has 0 fully saturated rings. The summed E-state index contributed by atoms with van der Waals surface area (Å²) in [5.74, 6) is -0.978. The number of carboxylic acids is 1. The van der Waals surface area contributed by atoms with Crippen LogP contribution >= 0.6 is 0 Å². The number of hydrogen-bond donors (Lipinski definition) is 3. The van der Waals surface area contributed by atoms with E-state index in [0.717, 1.165) is 0 Å². The summed E-state index contributed by atoms with van der Waals surface area (Å²) < 4.78 is 0. The van der Waals surface area contributed by atoms with Gasteiger partial charge in [-0.2, -0.15) is 0 Å². The van der Waals surface area contributed by atoms with Crippen molar-refractivity contribution in [3.8, 4) is 0 Å². The maximum atomic E-state index is 10.7. The van der Waals surface area contributed by atoms with Crippen molar-refractivity contribution in [2.75, 3.05) is 0 Å². The normalized spacial score (nSPS) is 15.5. The largest absolute Gasteiger partial charge is 0.480 e. The van der Waals surface area contributed by atoms with E-state index in [1.165, 1.54) is 0 Å². The van der Waals surface area contributed by atoms with Gasteiger partial charge in [-0.25, -0.2) is 0 Å². The van der Waals surface area contributed by atoms with Crippen molar-refractivity contribution in [1.29, 1.82) is 0 Å². The molecule has 0 spiro atoms. The molecule has 0 saturated heterocycles. The summed E-state index contributed by atoms with van der Waals surface area (Å²) >= 11 is 0. The summed E-state index contributed by atoms with van der Waals surface area (Å²) in [6.45, 7) is 7.37. The Bertz CT molecular complexity index is 194. The first-order chi connectivity index (χ1) is 5.56. The molecular weight excluding hydrogens is 168 g/mol. The van der Waals surface area contributed by atoms with Crippen LogP contribution in [0.5, 0.6) is 0 Å².